The molecule has 2 fully saturated rings. The fraction of sp³-hybridized carbons (Fsp3) is 0.692. The Morgan fingerprint density at radius 2 is 1.56 bits per heavy atom. The summed E-state index contributed by atoms with van der Waals surface area (Å²) in [6.45, 7) is 1.09. The van der Waals surface area contributed by atoms with Crippen LogP contribution in [-0.4, -0.2) is 59.6 Å². The molecule has 1 saturated carbocycles. The summed E-state index contributed by atoms with van der Waals surface area (Å²) in [5.74, 6) is 0.343. The number of carbonyl (C=O) groups is 2. The number of esters is 2. The minimum absolute atomic E-state index is 0.00109. The molecule has 0 spiro atoms. The number of methoxy groups -OCH3 is 4. The molecule has 190 valence electrons. The molecule has 0 amide bonds. The van der Waals surface area contributed by atoms with E-state index in [9.17, 15) is 9.59 Å². The molecule has 8 heteroatoms. The second-order valence-electron chi connectivity index (χ2n) is 9.17. The van der Waals surface area contributed by atoms with Gasteiger partial charge in [-0.15, -0.1) is 0 Å². The smallest absolute Gasteiger partial charge is 0.330 e. The van der Waals surface area contributed by atoms with Crippen molar-refractivity contribution in [3.05, 3.63) is 17.7 Å². The Bertz CT molecular complexity index is 805. The second-order valence-corrected chi connectivity index (χ2v) is 9.17. The minimum atomic E-state index is -1.08. The van der Waals surface area contributed by atoms with Crippen LogP contribution in [0.25, 0.3) is 0 Å². The van der Waals surface area contributed by atoms with Gasteiger partial charge in [-0.3, -0.25) is 4.79 Å². The van der Waals surface area contributed by atoms with Crippen LogP contribution in [0, 0.1) is 5.92 Å². The molecule has 0 bridgehead atoms. The van der Waals surface area contributed by atoms with Gasteiger partial charge in [0, 0.05) is 13.7 Å². The van der Waals surface area contributed by atoms with Crippen LogP contribution in [0.5, 0.6) is 17.2 Å². The maximum atomic E-state index is 14.0. The Hall–Kier alpha value is -2.32. The Morgan fingerprint density at radius 1 is 0.912 bits per heavy atom. The van der Waals surface area contributed by atoms with Crippen molar-refractivity contribution in [1.29, 1.82) is 0 Å². The molecular weight excluding hydrogens is 438 g/mol. The molecule has 3 rings (SSSR count). The first-order valence-corrected chi connectivity index (χ1v) is 12.3. The molecular formula is C26H39NO7. The largest absolute Gasteiger partial charge is 0.493 e. The van der Waals surface area contributed by atoms with Crippen molar-refractivity contribution in [3.8, 4) is 17.2 Å². The summed E-state index contributed by atoms with van der Waals surface area (Å²) in [6, 6.07) is 3.18. The highest BCUT2D eigenvalue weighted by Crippen LogP contribution is 2.49. The molecule has 0 radical (unpaired) electrons. The van der Waals surface area contributed by atoms with Crippen molar-refractivity contribution in [3.63, 3.8) is 0 Å². The van der Waals surface area contributed by atoms with E-state index in [2.05, 4.69) is 5.32 Å². The lowest BCUT2D eigenvalue weighted by Crippen LogP contribution is -2.49. The number of nitrogens with one attached hydrogen (secondary N) is 1. The van der Waals surface area contributed by atoms with Gasteiger partial charge >= 0.3 is 11.9 Å². The molecule has 1 saturated heterocycles. The average molecular weight is 478 g/mol. The second kappa shape index (κ2) is 12.4. The minimum Gasteiger partial charge on any atom is -0.493 e. The Morgan fingerprint density at radius 3 is 2.09 bits per heavy atom. The van der Waals surface area contributed by atoms with Crippen LogP contribution in [0.15, 0.2) is 12.1 Å². The van der Waals surface area contributed by atoms with Crippen LogP contribution in [0.2, 0.25) is 0 Å². The van der Waals surface area contributed by atoms with Crippen LogP contribution < -0.4 is 19.5 Å². The van der Waals surface area contributed by atoms with Crippen LogP contribution in [0.3, 0.4) is 0 Å². The van der Waals surface area contributed by atoms with E-state index in [0.717, 1.165) is 51.5 Å². The molecule has 1 aromatic rings. The maximum Gasteiger partial charge on any atom is 0.330 e. The number of hydrogen-bond acceptors (Lipinski definition) is 8. The standard InChI is InChI=1S/C26H39NO7/c1-30-15-13-26(18-10-6-5-7-11-18,25(29)34-24(28)20-12-8-9-14-27-20)19-16-21(31-2)23(33-4)22(17-19)32-3/h16-18,20,27H,5-15H2,1-4H3/t20?,26-/m0/s1. The molecule has 0 aromatic heterocycles. The highest BCUT2D eigenvalue weighted by Gasteiger charge is 2.50. The lowest BCUT2D eigenvalue weighted by atomic mass is 9.63. The highest BCUT2D eigenvalue weighted by atomic mass is 16.6. The van der Waals surface area contributed by atoms with E-state index in [-0.39, 0.29) is 5.92 Å². The molecule has 2 atom stereocenters. The van der Waals surface area contributed by atoms with Gasteiger partial charge in [-0.2, -0.15) is 0 Å². The van der Waals surface area contributed by atoms with Crippen molar-refractivity contribution in [2.45, 2.75) is 69.2 Å². The SMILES string of the molecule is COCC[C@@](C(=O)OC(=O)C1CCCCN1)(c1cc(OC)c(OC)c(OC)c1)C1CCCCC1. The fourth-order valence-electron chi connectivity index (χ4n) is 5.47. The predicted molar refractivity (Wildman–Crippen MR) is 128 cm³/mol. The zero-order chi connectivity index (χ0) is 24.6. The third kappa shape index (κ3) is 5.49. The number of piperidine rings is 1. The van der Waals surface area contributed by atoms with Crippen molar-refractivity contribution < 1.29 is 33.3 Å². The lowest BCUT2D eigenvalue weighted by Gasteiger charge is -2.41. The van der Waals surface area contributed by atoms with Crippen LogP contribution >= 0.6 is 0 Å². The Kier molecular flexibility index (Phi) is 9.59. The van der Waals surface area contributed by atoms with Crippen molar-refractivity contribution in [1.82, 2.24) is 5.32 Å². The average Bonchev–Trinajstić information content (AvgIpc) is 2.89. The van der Waals surface area contributed by atoms with Crippen molar-refractivity contribution >= 4 is 11.9 Å². The van der Waals surface area contributed by atoms with Gasteiger partial charge in [0.2, 0.25) is 5.75 Å². The maximum absolute atomic E-state index is 14.0. The van der Waals surface area contributed by atoms with E-state index in [0.29, 0.717) is 42.3 Å². The number of rotatable bonds is 10. The van der Waals surface area contributed by atoms with E-state index < -0.39 is 23.4 Å². The molecule has 34 heavy (non-hydrogen) atoms. The van der Waals surface area contributed by atoms with Gasteiger partial charge in [-0.05, 0) is 62.3 Å². The van der Waals surface area contributed by atoms with Gasteiger partial charge in [0.05, 0.1) is 26.7 Å². The summed E-state index contributed by atoms with van der Waals surface area (Å²) >= 11 is 0. The number of ether oxygens (including phenoxy) is 5. The van der Waals surface area contributed by atoms with Crippen molar-refractivity contribution in [2.75, 3.05) is 41.6 Å². The normalized spacial score (nSPS) is 20.8. The monoisotopic (exact) mass is 477 g/mol. The van der Waals surface area contributed by atoms with E-state index in [1.807, 2.05) is 12.1 Å². The van der Waals surface area contributed by atoms with Gasteiger partial charge in [-0.1, -0.05) is 25.7 Å². The molecule has 1 N–H and O–H groups in total. The summed E-state index contributed by atoms with van der Waals surface area (Å²) < 4.78 is 27.8. The number of hydrogen-bond donors (Lipinski definition) is 1. The zero-order valence-electron chi connectivity index (χ0n) is 20.9. The fourth-order valence-corrected chi connectivity index (χ4v) is 5.47. The van der Waals surface area contributed by atoms with Gasteiger partial charge < -0.3 is 29.0 Å². The molecule has 1 unspecified atom stereocenters. The topological polar surface area (TPSA) is 92.3 Å². The first-order valence-electron chi connectivity index (χ1n) is 12.3. The number of benzene rings is 1. The molecule has 1 aliphatic carbocycles. The van der Waals surface area contributed by atoms with E-state index in [1.54, 1.807) is 28.4 Å². The number of carbonyl (C=O) groups excluding carboxylic acids is 2. The van der Waals surface area contributed by atoms with Gasteiger partial charge in [0.15, 0.2) is 11.5 Å². The molecule has 8 nitrogen and oxygen atoms in total. The zero-order valence-corrected chi connectivity index (χ0v) is 20.9. The third-order valence-corrected chi connectivity index (χ3v) is 7.33. The summed E-state index contributed by atoms with van der Waals surface area (Å²) in [6.07, 6.45) is 7.92. The summed E-state index contributed by atoms with van der Waals surface area (Å²) in [5.41, 5.74) is -0.381. The van der Waals surface area contributed by atoms with Crippen LogP contribution in [-0.2, 0) is 24.5 Å². The first-order chi connectivity index (χ1) is 16.5. The van der Waals surface area contributed by atoms with E-state index >= 15 is 0 Å². The molecule has 1 aromatic carbocycles. The summed E-state index contributed by atoms with van der Waals surface area (Å²) in [7, 11) is 6.26. The van der Waals surface area contributed by atoms with Crippen LogP contribution in [0.4, 0.5) is 0 Å². The van der Waals surface area contributed by atoms with Gasteiger partial charge in [0.1, 0.15) is 6.04 Å². The molecule has 2 aliphatic rings. The summed E-state index contributed by atoms with van der Waals surface area (Å²) in [4.78, 5) is 27.0. The molecule has 1 heterocycles. The Balaban J connectivity index is 2.09. The quantitative estimate of drug-likeness (QED) is 0.402. The first kappa shape index (κ1) is 26.3. The Labute approximate surface area is 202 Å². The molecule has 1 aliphatic heterocycles. The van der Waals surface area contributed by atoms with Crippen molar-refractivity contribution in [2.24, 2.45) is 5.92 Å². The predicted octanol–water partition coefficient (Wildman–Crippen LogP) is 3.78. The van der Waals surface area contributed by atoms with Crippen LogP contribution in [0.1, 0.15) is 63.4 Å². The third-order valence-electron chi connectivity index (χ3n) is 7.33. The van der Waals surface area contributed by atoms with E-state index in [1.165, 1.54) is 0 Å². The van der Waals surface area contributed by atoms with E-state index in [4.69, 9.17) is 23.7 Å². The summed E-state index contributed by atoms with van der Waals surface area (Å²) in [5, 5.41) is 3.18. The highest BCUT2D eigenvalue weighted by molar-refractivity contribution is 5.94. The van der Waals surface area contributed by atoms with Gasteiger partial charge in [0.25, 0.3) is 0 Å². The van der Waals surface area contributed by atoms with Gasteiger partial charge in [-0.25, -0.2) is 4.79 Å². The lowest BCUT2D eigenvalue weighted by molar-refractivity contribution is -0.168.